The molecule has 0 spiro atoms. The van der Waals surface area contributed by atoms with E-state index in [2.05, 4.69) is 20.4 Å². The number of aryl methyl sites for hydroxylation is 1. The molecule has 3 aromatic rings. The Balaban J connectivity index is 1.25. The summed E-state index contributed by atoms with van der Waals surface area (Å²) >= 11 is 0. The number of urea groups is 1. The van der Waals surface area contributed by atoms with Crippen LogP contribution in [-0.2, 0) is 13.0 Å². The molecular formula is C20H21N5O2. The number of nitrogens with one attached hydrogen (secondary N) is 1. The van der Waals surface area contributed by atoms with Crippen LogP contribution in [0.15, 0.2) is 53.3 Å². The summed E-state index contributed by atoms with van der Waals surface area (Å²) in [6.07, 6.45) is 4.11. The minimum Gasteiger partial charge on any atom is -0.339 e. The first kappa shape index (κ1) is 17.2. The van der Waals surface area contributed by atoms with Gasteiger partial charge in [0, 0.05) is 38.4 Å². The number of pyridine rings is 1. The molecule has 0 bridgehead atoms. The summed E-state index contributed by atoms with van der Waals surface area (Å²) in [5.74, 6) is 1.34. The summed E-state index contributed by atoms with van der Waals surface area (Å²) in [4.78, 5) is 22.5. The lowest BCUT2D eigenvalue weighted by Crippen LogP contribution is -2.52. The van der Waals surface area contributed by atoms with Gasteiger partial charge in [-0.2, -0.15) is 4.98 Å². The standard InChI is InChI=1S/C20H21N5O2/c1-14-4-6-15(7-5-14)11-22-20(26)25-12-17(13-25)19-23-18(24-27-19)9-16-3-2-8-21-10-16/h2-8,10,17H,9,11-13H2,1H3,(H,22,26). The van der Waals surface area contributed by atoms with E-state index in [4.69, 9.17) is 4.52 Å². The lowest BCUT2D eigenvalue weighted by atomic mass is 10.0. The highest BCUT2D eigenvalue weighted by molar-refractivity contribution is 5.75. The maximum absolute atomic E-state index is 12.2. The van der Waals surface area contributed by atoms with E-state index < -0.39 is 0 Å². The van der Waals surface area contributed by atoms with Crippen molar-refractivity contribution >= 4 is 6.03 Å². The quantitative estimate of drug-likeness (QED) is 0.753. The van der Waals surface area contributed by atoms with Crippen molar-refractivity contribution in [2.75, 3.05) is 13.1 Å². The number of nitrogens with zero attached hydrogens (tertiary/aromatic N) is 4. The topological polar surface area (TPSA) is 84.2 Å². The predicted molar refractivity (Wildman–Crippen MR) is 99.1 cm³/mol. The summed E-state index contributed by atoms with van der Waals surface area (Å²) in [7, 11) is 0. The van der Waals surface area contributed by atoms with Crippen molar-refractivity contribution in [2.45, 2.75) is 25.8 Å². The molecule has 0 aliphatic carbocycles. The zero-order valence-corrected chi connectivity index (χ0v) is 15.1. The van der Waals surface area contributed by atoms with Crippen molar-refractivity contribution < 1.29 is 9.32 Å². The van der Waals surface area contributed by atoms with Gasteiger partial charge in [0.2, 0.25) is 5.89 Å². The summed E-state index contributed by atoms with van der Waals surface area (Å²) in [5.41, 5.74) is 3.33. The smallest absolute Gasteiger partial charge is 0.317 e. The maximum Gasteiger partial charge on any atom is 0.317 e. The number of benzene rings is 1. The molecule has 2 amide bonds. The van der Waals surface area contributed by atoms with Gasteiger partial charge in [-0.3, -0.25) is 4.98 Å². The monoisotopic (exact) mass is 363 g/mol. The number of carbonyl (C=O) groups excluding carboxylic acids is 1. The fourth-order valence-corrected chi connectivity index (χ4v) is 2.99. The van der Waals surface area contributed by atoms with Crippen LogP contribution in [0.3, 0.4) is 0 Å². The maximum atomic E-state index is 12.2. The van der Waals surface area contributed by atoms with Crippen LogP contribution in [0.1, 0.15) is 34.3 Å². The van der Waals surface area contributed by atoms with Gasteiger partial charge in [-0.1, -0.05) is 41.1 Å². The van der Waals surface area contributed by atoms with Gasteiger partial charge in [-0.15, -0.1) is 0 Å². The first-order valence-electron chi connectivity index (χ1n) is 8.97. The lowest BCUT2D eigenvalue weighted by molar-refractivity contribution is 0.136. The van der Waals surface area contributed by atoms with Crippen molar-refractivity contribution in [2.24, 2.45) is 0 Å². The summed E-state index contributed by atoms with van der Waals surface area (Å²) in [6.45, 7) is 3.75. The molecule has 1 saturated heterocycles. The molecule has 4 rings (SSSR count). The molecule has 0 unspecified atom stereocenters. The highest BCUT2D eigenvalue weighted by Gasteiger charge is 2.35. The minimum atomic E-state index is -0.0677. The van der Waals surface area contributed by atoms with Crippen LogP contribution >= 0.6 is 0 Å². The van der Waals surface area contributed by atoms with Gasteiger partial charge in [0.05, 0.1) is 5.92 Å². The van der Waals surface area contributed by atoms with Crippen molar-refractivity contribution in [3.63, 3.8) is 0 Å². The number of hydrogen-bond acceptors (Lipinski definition) is 5. The molecule has 138 valence electrons. The second-order valence-electron chi connectivity index (χ2n) is 6.83. The number of hydrogen-bond donors (Lipinski definition) is 1. The lowest BCUT2D eigenvalue weighted by Gasteiger charge is -2.36. The number of aromatic nitrogens is 3. The van der Waals surface area contributed by atoms with Crippen LogP contribution in [-0.4, -0.2) is 39.1 Å². The third kappa shape index (κ3) is 4.13. The average molecular weight is 363 g/mol. The third-order valence-electron chi connectivity index (χ3n) is 4.65. The molecule has 0 atom stereocenters. The van der Waals surface area contributed by atoms with Gasteiger partial charge in [0.15, 0.2) is 5.82 Å². The molecule has 0 radical (unpaired) electrons. The zero-order chi connectivity index (χ0) is 18.6. The van der Waals surface area contributed by atoms with E-state index in [1.807, 2.05) is 43.3 Å². The number of amides is 2. The van der Waals surface area contributed by atoms with Crippen LogP contribution in [0.4, 0.5) is 4.79 Å². The van der Waals surface area contributed by atoms with E-state index in [9.17, 15) is 4.79 Å². The average Bonchev–Trinajstić information content (AvgIpc) is 3.09. The Morgan fingerprint density at radius 1 is 1.22 bits per heavy atom. The molecule has 1 N–H and O–H groups in total. The van der Waals surface area contributed by atoms with Gasteiger partial charge in [0.25, 0.3) is 0 Å². The number of rotatable bonds is 5. The van der Waals surface area contributed by atoms with E-state index in [1.54, 1.807) is 17.3 Å². The van der Waals surface area contributed by atoms with E-state index in [0.717, 1.165) is 11.1 Å². The number of carbonyl (C=O) groups is 1. The molecule has 27 heavy (non-hydrogen) atoms. The molecule has 0 saturated carbocycles. The predicted octanol–water partition coefficient (Wildman–Crippen LogP) is 2.67. The van der Waals surface area contributed by atoms with Crippen LogP contribution in [0.25, 0.3) is 0 Å². The van der Waals surface area contributed by atoms with E-state index in [1.165, 1.54) is 5.56 Å². The molecule has 1 aliphatic heterocycles. The Kier molecular flexibility index (Phi) is 4.82. The second kappa shape index (κ2) is 7.57. The Morgan fingerprint density at radius 3 is 2.78 bits per heavy atom. The van der Waals surface area contributed by atoms with Gasteiger partial charge < -0.3 is 14.7 Å². The molecule has 1 fully saturated rings. The van der Waals surface area contributed by atoms with E-state index >= 15 is 0 Å². The van der Waals surface area contributed by atoms with E-state index in [-0.39, 0.29) is 11.9 Å². The molecule has 1 aromatic carbocycles. The van der Waals surface area contributed by atoms with Crippen molar-refractivity contribution in [1.82, 2.24) is 25.3 Å². The van der Waals surface area contributed by atoms with Gasteiger partial charge in [0.1, 0.15) is 0 Å². The Labute approximate surface area is 157 Å². The normalized spacial score (nSPS) is 14.0. The van der Waals surface area contributed by atoms with Gasteiger partial charge in [-0.25, -0.2) is 4.79 Å². The van der Waals surface area contributed by atoms with Crippen LogP contribution in [0.2, 0.25) is 0 Å². The fourth-order valence-electron chi connectivity index (χ4n) is 2.99. The molecule has 2 aromatic heterocycles. The highest BCUT2D eigenvalue weighted by atomic mass is 16.5. The van der Waals surface area contributed by atoms with Gasteiger partial charge >= 0.3 is 6.03 Å². The minimum absolute atomic E-state index is 0.0677. The van der Waals surface area contributed by atoms with Crippen molar-refractivity contribution in [3.05, 3.63) is 77.2 Å². The first-order chi connectivity index (χ1) is 13.2. The molecule has 3 heterocycles. The Morgan fingerprint density at radius 2 is 2.04 bits per heavy atom. The molecular weight excluding hydrogens is 342 g/mol. The van der Waals surface area contributed by atoms with Gasteiger partial charge in [-0.05, 0) is 24.1 Å². The fraction of sp³-hybridized carbons (Fsp3) is 0.300. The Hall–Kier alpha value is -3.22. The van der Waals surface area contributed by atoms with Crippen LogP contribution < -0.4 is 5.32 Å². The summed E-state index contributed by atoms with van der Waals surface area (Å²) < 4.78 is 5.37. The van der Waals surface area contributed by atoms with E-state index in [0.29, 0.717) is 37.8 Å². The molecule has 7 nitrogen and oxygen atoms in total. The highest BCUT2D eigenvalue weighted by Crippen LogP contribution is 2.26. The summed E-state index contributed by atoms with van der Waals surface area (Å²) in [5, 5.41) is 6.98. The number of likely N-dealkylation sites (tertiary alicyclic amines) is 1. The first-order valence-corrected chi connectivity index (χ1v) is 8.97. The van der Waals surface area contributed by atoms with Crippen molar-refractivity contribution in [3.8, 4) is 0 Å². The zero-order valence-electron chi connectivity index (χ0n) is 15.1. The molecule has 7 heteroatoms. The largest absolute Gasteiger partial charge is 0.339 e. The van der Waals surface area contributed by atoms with Crippen LogP contribution in [0.5, 0.6) is 0 Å². The summed E-state index contributed by atoms with van der Waals surface area (Å²) in [6, 6.07) is 11.9. The van der Waals surface area contributed by atoms with Crippen LogP contribution in [0, 0.1) is 6.92 Å². The SMILES string of the molecule is Cc1ccc(CNC(=O)N2CC(c3nc(Cc4cccnc4)no3)C2)cc1. The second-order valence-corrected chi connectivity index (χ2v) is 6.83. The molecule has 1 aliphatic rings. The Bertz CT molecular complexity index is 902. The van der Waals surface area contributed by atoms with Crippen molar-refractivity contribution in [1.29, 1.82) is 0 Å². The third-order valence-corrected chi connectivity index (χ3v) is 4.65.